The van der Waals surface area contributed by atoms with E-state index in [-0.39, 0.29) is 16.5 Å². The van der Waals surface area contributed by atoms with E-state index in [1.165, 1.54) is 17.2 Å². The summed E-state index contributed by atoms with van der Waals surface area (Å²) in [6.07, 6.45) is 0. The Kier molecular flexibility index (Phi) is 7.95. The van der Waals surface area contributed by atoms with Gasteiger partial charge >= 0.3 is 0 Å². The molecule has 168 valence electrons. The summed E-state index contributed by atoms with van der Waals surface area (Å²) in [5, 5.41) is 0. The van der Waals surface area contributed by atoms with Gasteiger partial charge < -0.3 is 0 Å². The van der Waals surface area contributed by atoms with E-state index >= 15 is 0 Å². The van der Waals surface area contributed by atoms with E-state index in [2.05, 4.69) is 50.9 Å². The minimum Gasteiger partial charge on any atom is -0.282 e. The second kappa shape index (κ2) is 9.88. The third kappa shape index (κ3) is 5.89. The Labute approximate surface area is 187 Å². The Hall–Kier alpha value is -2.31. The van der Waals surface area contributed by atoms with Crippen molar-refractivity contribution in [1.29, 1.82) is 0 Å². The topological polar surface area (TPSA) is 79.1 Å². The van der Waals surface area contributed by atoms with Crippen LogP contribution in [0.25, 0.3) is 0 Å². The molecule has 0 aliphatic carbocycles. The van der Waals surface area contributed by atoms with E-state index < -0.39 is 10.1 Å². The van der Waals surface area contributed by atoms with Crippen LogP contribution in [0.1, 0.15) is 89.8 Å². The number of hydrogen-bond acceptors (Lipinski definition) is 4. The molecule has 0 spiro atoms. The highest BCUT2D eigenvalue weighted by Gasteiger charge is 2.20. The molecule has 0 unspecified atom stereocenters. The Bertz CT molecular complexity index is 1090. The summed E-state index contributed by atoms with van der Waals surface area (Å²) in [5.74, 6) is 0.672. The van der Waals surface area contributed by atoms with Gasteiger partial charge in [0, 0.05) is 0 Å². The normalized spacial score (nSPS) is 13.5. The smallest absolute Gasteiger partial charge is 0.282 e. The van der Waals surface area contributed by atoms with Crippen LogP contribution in [-0.4, -0.2) is 24.4 Å². The molecule has 2 aromatic carbocycles. The minimum atomic E-state index is -4.40. The minimum absolute atomic E-state index is 0.0414. The molecule has 1 N–H and O–H groups in total. The van der Waals surface area contributed by atoms with Crippen LogP contribution in [0.4, 0.5) is 11.4 Å². The molecule has 0 radical (unpaired) electrons. The molecule has 2 aromatic rings. The monoisotopic (exact) mass is 442 g/mol. The van der Waals surface area contributed by atoms with E-state index in [4.69, 9.17) is 4.99 Å². The first kappa shape index (κ1) is 25.0. The number of aliphatic imine (C=N–C) groups is 2. The zero-order chi connectivity index (χ0) is 23.5. The van der Waals surface area contributed by atoms with Crippen LogP contribution < -0.4 is 0 Å². The van der Waals surface area contributed by atoms with E-state index in [0.29, 0.717) is 23.3 Å². The van der Waals surface area contributed by atoms with Crippen molar-refractivity contribution in [2.45, 2.75) is 78.0 Å². The lowest BCUT2D eigenvalue weighted by molar-refractivity contribution is 0.483. The average Bonchev–Trinajstić information content (AvgIpc) is 2.66. The van der Waals surface area contributed by atoms with Gasteiger partial charge in [0.25, 0.3) is 10.1 Å². The lowest BCUT2D eigenvalue weighted by Crippen LogP contribution is -2.08. The molecule has 0 fully saturated rings. The summed E-state index contributed by atoms with van der Waals surface area (Å²) in [7, 11) is -4.40. The van der Waals surface area contributed by atoms with Crippen LogP contribution in [0.3, 0.4) is 0 Å². The van der Waals surface area contributed by atoms with E-state index in [9.17, 15) is 13.0 Å². The van der Waals surface area contributed by atoms with Gasteiger partial charge in [-0.3, -0.25) is 14.5 Å². The van der Waals surface area contributed by atoms with Crippen LogP contribution in [0, 0.1) is 0 Å². The molecule has 5 nitrogen and oxygen atoms in total. The largest absolute Gasteiger partial charge is 0.296 e. The van der Waals surface area contributed by atoms with Gasteiger partial charge in [-0.25, -0.2) is 0 Å². The van der Waals surface area contributed by atoms with Crippen LogP contribution in [0.15, 0.2) is 51.3 Å². The number of para-hydroxylation sites is 2. The van der Waals surface area contributed by atoms with Crippen LogP contribution >= 0.6 is 0 Å². The van der Waals surface area contributed by atoms with Gasteiger partial charge in [0.15, 0.2) is 0 Å². The maximum Gasteiger partial charge on any atom is 0.296 e. The van der Waals surface area contributed by atoms with Crippen molar-refractivity contribution in [1.82, 2.24) is 0 Å². The fourth-order valence-electron chi connectivity index (χ4n) is 3.47. The number of hydrogen-bond donors (Lipinski definition) is 1. The highest BCUT2D eigenvalue weighted by Crippen LogP contribution is 2.36. The predicted molar refractivity (Wildman–Crippen MR) is 131 cm³/mol. The third-order valence-corrected chi connectivity index (χ3v) is 6.24. The van der Waals surface area contributed by atoms with Gasteiger partial charge in [0.05, 0.1) is 22.8 Å². The van der Waals surface area contributed by atoms with Crippen molar-refractivity contribution in [3.63, 3.8) is 0 Å². The van der Waals surface area contributed by atoms with Gasteiger partial charge in [-0.2, -0.15) is 8.42 Å². The summed E-state index contributed by atoms with van der Waals surface area (Å²) in [5.41, 5.74) is 5.62. The molecule has 0 saturated heterocycles. The summed E-state index contributed by atoms with van der Waals surface area (Å²) >= 11 is 0. The molecule has 31 heavy (non-hydrogen) atoms. The first-order valence-electron chi connectivity index (χ1n) is 10.7. The van der Waals surface area contributed by atoms with Gasteiger partial charge in [-0.1, -0.05) is 71.9 Å². The fraction of sp³-hybridized carbons (Fsp3) is 0.440. The quantitative estimate of drug-likeness (QED) is 0.364. The van der Waals surface area contributed by atoms with Gasteiger partial charge in [0.1, 0.15) is 4.90 Å². The first-order valence-corrected chi connectivity index (χ1v) is 12.1. The molecule has 0 amide bonds. The predicted octanol–water partition coefficient (Wildman–Crippen LogP) is 7.19. The van der Waals surface area contributed by atoms with Crippen molar-refractivity contribution in [3.8, 4) is 0 Å². The maximum atomic E-state index is 12.0. The molecule has 0 aromatic heterocycles. The third-order valence-electron chi connectivity index (χ3n) is 5.36. The van der Waals surface area contributed by atoms with Crippen molar-refractivity contribution >= 4 is 32.9 Å². The van der Waals surface area contributed by atoms with Crippen molar-refractivity contribution in [2.24, 2.45) is 9.98 Å². The molecule has 0 atom stereocenters. The Balaban J connectivity index is 2.70. The standard InChI is InChI=1S/C25H34N2O3S/c1-15(2)20-11-9-12-21(16(3)4)24(20)26-18(7)19(8)27-25-22(17(5)6)13-10-14-23(25)31(28,29)30/h9-17H,1-8H3,(H,28,29,30). The second-order valence-corrected chi connectivity index (χ2v) is 10.2. The van der Waals surface area contributed by atoms with Crippen molar-refractivity contribution < 1.29 is 13.0 Å². The molecule has 0 aliphatic heterocycles. The van der Waals surface area contributed by atoms with Crippen molar-refractivity contribution in [3.05, 3.63) is 53.1 Å². The number of rotatable bonds is 7. The molecule has 2 rings (SSSR count). The van der Waals surface area contributed by atoms with Crippen LogP contribution in [0.2, 0.25) is 0 Å². The highest BCUT2D eigenvalue weighted by molar-refractivity contribution is 7.86. The maximum absolute atomic E-state index is 12.0. The van der Waals surface area contributed by atoms with E-state index in [0.717, 1.165) is 11.3 Å². The molecular formula is C25H34N2O3S. The zero-order valence-corrected chi connectivity index (χ0v) is 20.6. The van der Waals surface area contributed by atoms with Gasteiger partial charge in [-0.15, -0.1) is 0 Å². The summed E-state index contributed by atoms with van der Waals surface area (Å²) in [6.45, 7) is 16.2. The van der Waals surface area contributed by atoms with Crippen LogP contribution in [-0.2, 0) is 10.1 Å². The average molecular weight is 443 g/mol. The van der Waals surface area contributed by atoms with E-state index in [1.807, 2.05) is 33.8 Å². The Morgan fingerprint density at radius 3 is 1.45 bits per heavy atom. The number of benzene rings is 2. The highest BCUT2D eigenvalue weighted by atomic mass is 32.2. The van der Waals surface area contributed by atoms with Crippen molar-refractivity contribution in [2.75, 3.05) is 0 Å². The Morgan fingerprint density at radius 2 is 1.06 bits per heavy atom. The summed E-state index contributed by atoms with van der Waals surface area (Å²) in [4.78, 5) is 9.39. The summed E-state index contributed by atoms with van der Waals surface area (Å²) < 4.78 is 33.7. The number of nitrogens with zero attached hydrogens (tertiary/aromatic N) is 2. The summed E-state index contributed by atoms with van der Waals surface area (Å²) in [6, 6.07) is 11.1. The fourth-order valence-corrected chi connectivity index (χ4v) is 4.13. The second-order valence-electron chi connectivity index (χ2n) is 8.81. The lowest BCUT2D eigenvalue weighted by Gasteiger charge is -2.17. The molecular weight excluding hydrogens is 408 g/mol. The SMILES string of the molecule is CC(=Nc1c(C(C)C)cccc1C(C)C)C(C)=Nc1c(C(C)C)cccc1S(=O)(=O)O. The molecule has 0 aliphatic rings. The van der Waals surface area contributed by atoms with E-state index in [1.54, 1.807) is 6.07 Å². The molecule has 0 bridgehead atoms. The zero-order valence-electron chi connectivity index (χ0n) is 19.8. The molecule has 6 heteroatoms. The first-order chi connectivity index (χ1) is 14.3. The van der Waals surface area contributed by atoms with Crippen LogP contribution in [0.5, 0.6) is 0 Å². The Morgan fingerprint density at radius 1 is 0.710 bits per heavy atom. The lowest BCUT2D eigenvalue weighted by atomic mass is 9.93. The molecule has 0 saturated carbocycles. The van der Waals surface area contributed by atoms with Gasteiger partial charge in [-0.05, 0) is 54.4 Å². The van der Waals surface area contributed by atoms with Gasteiger partial charge in [0.2, 0.25) is 0 Å². The molecule has 0 heterocycles.